The highest BCUT2D eigenvalue weighted by Crippen LogP contribution is 2.33. The third-order valence-electron chi connectivity index (χ3n) is 7.90. The van der Waals surface area contributed by atoms with E-state index in [4.69, 9.17) is 0 Å². The molecule has 3 amide bonds. The van der Waals surface area contributed by atoms with Crippen LogP contribution in [0.4, 0.5) is 15.9 Å². The molecule has 41 heavy (non-hydrogen) atoms. The van der Waals surface area contributed by atoms with E-state index >= 15 is 0 Å². The molecule has 0 saturated carbocycles. The van der Waals surface area contributed by atoms with E-state index in [0.29, 0.717) is 12.2 Å². The molecule has 212 valence electrons. The summed E-state index contributed by atoms with van der Waals surface area (Å²) in [5, 5.41) is 15.4. The Morgan fingerprint density at radius 3 is 2.39 bits per heavy atom. The fourth-order valence-corrected chi connectivity index (χ4v) is 5.67. The molecule has 2 fully saturated rings. The quantitative estimate of drug-likeness (QED) is 0.379. The number of piperazine rings is 1. The van der Waals surface area contributed by atoms with E-state index in [9.17, 15) is 23.9 Å². The number of amides is 3. The molecule has 2 aromatic carbocycles. The second-order valence-corrected chi connectivity index (χ2v) is 10.6. The van der Waals surface area contributed by atoms with Crippen LogP contribution < -0.4 is 15.5 Å². The van der Waals surface area contributed by atoms with E-state index in [1.807, 2.05) is 12.1 Å². The van der Waals surface area contributed by atoms with E-state index in [-0.39, 0.29) is 29.8 Å². The number of nitrogens with one attached hydrogen (secondary N) is 2. The second-order valence-electron chi connectivity index (χ2n) is 10.6. The van der Waals surface area contributed by atoms with Crippen LogP contribution in [0.3, 0.4) is 0 Å². The number of halogens is 1. The lowest BCUT2D eigenvalue weighted by Crippen LogP contribution is -2.55. The van der Waals surface area contributed by atoms with Crippen LogP contribution >= 0.6 is 0 Å². The Labute approximate surface area is 236 Å². The number of rotatable bonds is 7. The number of hydrogen-bond acceptors (Lipinski definition) is 8. The summed E-state index contributed by atoms with van der Waals surface area (Å²) in [4.78, 5) is 48.5. The Morgan fingerprint density at radius 2 is 1.68 bits per heavy atom. The molecule has 3 aromatic rings. The lowest BCUT2D eigenvalue weighted by Gasteiger charge is -2.35. The van der Waals surface area contributed by atoms with Gasteiger partial charge < -0.3 is 20.6 Å². The van der Waals surface area contributed by atoms with E-state index in [1.165, 1.54) is 17.8 Å². The molecule has 0 aliphatic carbocycles. The molecule has 0 radical (unpaired) electrons. The number of benzene rings is 2. The Morgan fingerprint density at radius 1 is 0.927 bits per heavy atom. The summed E-state index contributed by atoms with van der Waals surface area (Å²) >= 11 is 0. The maximum Gasteiger partial charge on any atom is 0.264 e. The molecule has 11 heteroatoms. The minimum absolute atomic E-state index is 0.217. The first-order valence-corrected chi connectivity index (χ1v) is 13.8. The van der Waals surface area contributed by atoms with E-state index in [2.05, 4.69) is 37.6 Å². The van der Waals surface area contributed by atoms with E-state index in [0.717, 1.165) is 49.0 Å². The topological polar surface area (TPSA) is 118 Å². The van der Waals surface area contributed by atoms with Crippen LogP contribution in [0.15, 0.2) is 60.8 Å². The summed E-state index contributed by atoms with van der Waals surface area (Å²) in [6, 6.07) is 15.6. The van der Waals surface area contributed by atoms with Gasteiger partial charge in [-0.05, 0) is 48.2 Å². The van der Waals surface area contributed by atoms with Gasteiger partial charge in [0, 0.05) is 45.0 Å². The molecule has 6 rings (SSSR count). The number of carbonyl (C=O) groups is 3. The number of aliphatic hydroxyl groups is 1. The number of hydrogen-bond donors (Lipinski definition) is 3. The fourth-order valence-electron chi connectivity index (χ4n) is 5.67. The molecule has 2 atom stereocenters. The predicted octanol–water partition coefficient (Wildman–Crippen LogP) is 2.35. The molecular weight excluding hydrogens is 527 g/mol. The number of aromatic nitrogens is 1. The van der Waals surface area contributed by atoms with Gasteiger partial charge in [-0.25, -0.2) is 9.37 Å². The van der Waals surface area contributed by atoms with Crippen LogP contribution in [0.2, 0.25) is 0 Å². The van der Waals surface area contributed by atoms with Crippen LogP contribution in [-0.4, -0.2) is 76.1 Å². The zero-order valence-electron chi connectivity index (χ0n) is 22.4. The van der Waals surface area contributed by atoms with Crippen molar-refractivity contribution >= 4 is 29.2 Å². The summed E-state index contributed by atoms with van der Waals surface area (Å²) in [5.41, 5.74) is 3.28. The maximum atomic E-state index is 13.3. The summed E-state index contributed by atoms with van der Waals surface area (Å²) in [6.45, 7) is 4.70. The van der Waals surface area contributed by atoms with Gasteiger partial charge in [-0.2, -0.15) is 0 Å². The highest BCUT2D eigenvalue weighted by Gasteiger charge is 2.45. The third-order valence-corrected chi connectivity index (χ3v) is 7.90. The average molecular weight is 559 g/mol. The molecule has 0 bridgehead atoms. The SMILES string of the molecule is O=C1NC(O)CCC1N1C(=O)c2cccc(NCc3ccc(CN4CCN(c5ccc(F)cn5)CC4)cc3)c2C1=O. The Hall–Kier alpha value is -4.35. The number of imide groups is 1. The van der Waals surface area contributed by atoms with Gasteiger partial charge in [0.15, 0.2) is 0 Å². The number of piperidine rings is 1. The van der Waals surface area contributed by atoms with E-state index < -0.39 is 30.0 Å². The molecule has 1 aromatic heterocycles. The summed E-state index contributed by atoms with van der Waals surface area (Å²) in [7, 11) is 0. The van der Waals surface area contributed by atoms with E-state index in [1.54, 1.807) is 24.3 Å². The van der Waals surface area contributed by atoms with Crippen molar-refractivity contribution in [2.75, 3.05) is 36.4 Å². The van der Waals surface area contributed by atoms with Crippen LogP contribution in [0.5, 0.6) is 0 Å². The maximum absolute atomic E-state index is 13.3. The smallest absolute Gasteiger partial charge is 0.264 e. The largest absolute Gasteiger partial charge is 0.380 e. The van der Waals surface area contributed by atoms with Gasteiger partial charge in [0.25, 0.3) is 11.8 Å². The summed E-state index contributed by atoms with van der Waals surface area (Å²) in [6.07, 6.45) is 0.774. The highest BCUT2D eigenvalue weighted by atomic mass is 19.1. The Balaban J connectivity index is 1.05. The monoisotopic (exact) mass is 558 g/mol. The number of aliphatic hydroxyl groups excluding tert-OH is 1. The molecular formula is C30H31FN6O4. The van der Waals surface area contributed by atoms with Crippen molar-refractivity contribution in [3.8, 4) is 0 Å². The molecule has 3 aliphatic rings. The van der Waals surface area contributed by atoms with Gasteiger partial charge >= 0.3 is 0 Å². The normalized spacial score (nSPS) is 21.2. The average Bonchev–Trinajstić information content (AvgIpc) is 3.23. The zero-order chi connectivity index (χ0) is 28.5. The predicted molar refractivity (Wildman–Crippen MR) is 150 cm³/mol. The van der Waals surface area contributed by atoms with Gasteiger partial charge in [-0.3, -0.25) is 24.2 Å². The number of fused-ring (bicyclic) bond motifs is 1. The molecule has 0 spiro atoms. The highest BCUT2D eigenvalue weighted by molar-refractivity contribution is 6.25. The summed E-state index contributed by atoms with van der Waals surface area (Å²) < 4.78 is 13.2. The van der Waals surface area contributed by atoms with Crippen molar-refractivity contribution in [2.45, 2.75) is 38.2 Å². The number of nitrogens with zero attached hydrogens (tertiary/aromatic N) is 4. The first-order chi connectivity index (χ1) is 19.9. The fraction of sp³-hybridized carbons (Fsp3) is 0.333. The van der Waals surface area contributed by atoms with Crippen molar-refractivity contribution in [1.29, 1.82) is 0 Å². The van der Waals surface area contributed by atoms with Crippen molar-refractivity contribution in [3.63, 3.8) is 0 Å². The molecule has 2 saturated heterocycles. The molecule has 10 nitrogen and oxygen atoms in total. The minimum atomic E-state index is -0.965. The standard InChI is InChI=1S/C30H31FN6O4/c31-21-8-10-25(33-17-21)36-14-12-35(13-15-36)18-20-6-4-19(5-7-20)16-32-23-3-1-2-22-27(23)30(41)37(29(22)40)24-9-11-26(38)34-28(24)39/h1-8,10,17,24,26,32,38H,9,11-16,18H2,(H,34,39). The van der Waals surface area contributed by atoms with Crippen molar-refractivity contribution in [2.24, 2.45) is 0 Å². The van der Waals surface area contributed by atoms with Gasteiger partial charge in [0.05, 0.1) is 17.3 Å². The van der Waals surface area contributed by atoms with Gasteiger partial charge in [0.1, 0.15) is 23.9 Å². The van der Waals surface area contributed by atoms with Crippen molar-refractivity contribution in [1.82, 2.24) is 20.1 Å². The lowest BCUT2D eigenvalue weighted by atomic mass is 10.0. The molecule has 3 N–H and O–H groups in total. The zero-order valence-corrected chi connectivity index (χ0v) is 22.4. The van der Waals surface area contributed by atoms with Gasteiger partial charge in [-0.1, -0.05) is 30.3 Å². The summed E-state index contributed by atoms with van der Waals surface area (Å²) in [5.74, 6) is -1.06. The Bertz CT molecular complexity index is 1460. The lowest BCUT2D eigenvalue weighted by molar-refractivity contribution is -0.131. The third kappa shape index (κ3) is 5.50. The molecule has 4 heterocycles. The molecule has 3 aliphatic heterocycles. The molecule has 2 unspecified atom stereocenters. The van der Waals surface area contributed by atoms with Crippen LogP contribution in [0.1, 0.15) is 44.7 Å². The number of carbonyl (C=O) groups excluding carboxylic acids is 3. The first kappa shape index (κ1) is 26.9. The minimum Gasteiger partial charge on any atom is -0.380 e. The van der Waals surface area contributed by atoms with Crippen LogP contribution in [-0.2, 0) is 17.9 Å². The van der Waals surface area contributed by atoms with Gasteiger partial charge in [0.2, 0.25) is 5.91 Å². The van der Waals surface area contributed by atoms with Crippen LogP contribution in [0, 0.1) is 5.82 Å². The van der Waals surface area contributed by atoms with Gasteiger partial charge in [-0.15, -0.1) is 0 Å². The first-order valence-electron chi connectivity index (χ1n) is 13.8. The number of pyridine rings is 1. The van der Waals surface area contributed by atoms with Crippen LogP contribution in [0.25, 0.3) is 0 Å². The Kier molecular flexibility index (Phi) is 7.38. The van der Waals surface area contributed by atoms with Crippen molar-refractivity contribution < 1.29 is 23.9 Å². The van der Waals surface area contributed by atoms with Crippen molar-refractivity contribution in [3.05, 3.63) is 88.9 Å². The second kappa shape index (κ2) is 11.3. The number of anilines is 2.